The molecule has 0 fully saturated rings. The molecule has 0 radical (unpaired) electrons. The van der Waals surface area contributed by atoms with Crippen LogP contribution in [0.5, 0.6) is 0 Å². The maximum Gasteiger partial charge on any atom is 0.212 e. The Balaban J connectivity index is 1.99. The fourth-order valence-electron chi connectivity index (χ4n) is 2.15. The molecule has 0 unspecified atom stereocenters. The van der Waals surface area contributed by atoms with Gasteiger partial charge in [0.2, 0.25) is 4.96 Å². The lowest BCUT2D eigenvalue weighted by Crippen LogP contribution is -1.94. The molecule has 0 bridgehead atoms. The molecule has 100 valence electrons. The third-order valence-electron chi connectivity index (χ3n) is 2.96. The molecule has 0 saturated heterocycles. The highest BCUT2D eigenvalue weighted by Crippen LogP contribution is 2.24. The number of rotatable bonds is 3. The molecule has 19 heavy (non-hydrogen) atoms. The standard InChI is InChI=1S/C13H17N5S/c1-8(2)5-12-16-18-7-11(14-13(18)19-12)10-6-17(4)15-9(10)3/h6-8H,5H2,1-4H3. The van der Waals surface area contributed by atoms with E-state index in [1.54, 1.807) is 11.3 Å². The second-order valence-corrected chi connectivity index (χ2v) is 6.29. The average Bonchev–Trinajstić information content (AvgIpc) is 2.90. The highest BCUT2D eigenvalue weighted by molar-refractivity contribution is 7.16. The summed E-state index contributed by atoms with van der Waals surface area (Å²) in [6.07, 6.45) is 4.99. The molecule has 0 aliphatic heterocycles. The Bertz CT molecular complexity index is 687. The lowest BCUT2D eigenvalue weighted by molar-refractivity contribution is 0.637. The predicted octanol–water partition coefficient (Wildman–Crippen LogP) is 2.70. The molecule has 3 aromatic rings. The van der Waals surface area contributed by atoms with Gasteiger partial charge in [-0.05, 0) is 12.8 Å². The van der Waals surface area contributed by atoms with Crippen LogP contribution in [0, 0.1) is 12.8 Å². The molecule has 0 aliphatic carbocycles. The van der Waals surface area contributed by atoms with Gasteiger partial charge in [-0.3, -0.25) is 4.68 Å². The number of imidazole rings is 1. The number of aromatic nitrogens is 5. The minimum atomic E-state index is 0.621. The average molecular weight is 275 g/mol. The van der Waals surface area contributed by atoms with Gasteiger partial charge in [-0.2, -0.15) is 10.2 Å². The van der Waals surface area contributed by atoms with Crippen molar-refractivity contribution in [2.75, 3.05) is 0 Å². The summed E-state index contributed by atoms with van der Waals surface area (Å²) in [5.41, 5.74) is 3.02. The quantitative estimate of drug-likeness (QED) is 0.738. The van der Waals surface area contributed by atoms with E-state index in [-0.39, 0.29) is 0 Å². The lowest BCUT2D eigenvalue weighted by atomic mass is 10.1. The van der Waals surface area contributed by atoms with Crippen LogP contribution in [0.15, 0.2) is 12.4 Å². The summed E-state index contributed by atoms with van der Waals surface area (Å²) in [6.45, 7) is 6.41. The van der Waals surface area contributed by atoms with Crippen LogP contribution in [0.1, 0.15) is 24.5 Å². The predicted molar refractivity (Wildman–Crippen MR) is 76.3 cm³/mol. The first-order chi connectivity index (χ1) is 9.02. The van der Waals surface area contributed by atoms with Crippen molar-refractivity contribution >= 4 is 16.3 Å². The van der Waals surface area contributed by atoms with Crippen molar-refractivity contribution in [2.45, 2.75) is 27.2 Å². The van der Waals surface area contributed by atoms with Crippen LogP contribution < -0.4 is 0 Å². The molecule has 0 aliphatic rings. The van der Waals surface area contributed by atoms with Crippen molar-refractivity contribution in [3.8, 4) is 11.3 Å². The summed E-state index contributed by atoms with van der Waals surface area (Å²) in [5, 5.41) is 10.1. The molecular weight excluding hydrogens is 258 g/mol. The molecular formula is C13H17N5S. The molecule has 3 aromatic heterocycles. The fraction of sp³-hybridized carbons (Fsp3) is 0.462. The van der Waals surface area contributed by atoms with Gasteiger partial charge in [0.1, 0.15) is 5.01 Å². The highest BCUT2D eigenvalue weighted by atomic mass is 32.1. The smallest absolute Gasteiger partial charge is 0.212 e. The van der Waals surface area contributed by atoms with E-state index in [1.165, 1.54) is 0 Å². The van der Waals surface area contributed by atoms with Crippen molar-refractivity contribution < 1.29 is 0 Å². The Kier molecular flexibility index (Phi) is 2.89. The van der Waals surface area contributed by atoms with Gasteiger partial charge in [-0.15, -0.1) is 0 Å². The molecule has 0 atom stereocenters. The summed E-state index contributed by atoms with van der Waals surface area (Å²) < 4.78 is 3.69. The summed E-state index contributed by atoms with van der Waals surface area (Å²) >= 11 is 1.67. The molecule has 6 heteroatoms. The number of fused-ring (bicyclic) bond motifs is 1. The second kappa shape index (κ2) is 4.45. The maximum atomic E-state index is 4.65. The van der Waals surface area contributed by atoms with Crippen LogP contribution in [-0.2, 0) is 13.5 Å². The lowest BCUT2D eigenvalue weighted by Gasteiger charge is -1.97. The van der Waals surface area contributed by atoms with Crippen LogP contribution in [-0.4, -0.2) is 24.4 Å². The first-order valence-corrected chi connectivity index (χ1v) is 7.20. The van der Waals surface area contributed by atoms with E-state index in [2.05, 4.69) is 29.0 Å². The normalized spacial score (nSPS) is 11.8. The van der Waals surface area contributed by atoms with Crippen LogP contribution in [0.3, 0.4) is 0 Å². The largest absolute Gasteiger partial charge is 0.275 e. The number of hydrogen-bond acceptors (Lipinski definition) is 4. The van der Waals surface area contributed by atoms with Crippen LogP contribution in [0.4, 0.5) is 0 Å². The van der Waals surface area contributed by atoms with E-state index in [0.717, 1.165) is 33.3 Å². The van der Waals surface area contributed by atoms with Crippen molar-refractivity contribution in [3.05, 3.63) is 23.1 Å². The Labute approximate surface area is 115 Å². The zero-order valence-electron chi connectivity index (χ0n) is 11.6. The van der Waals surface area contributed by atoms with Crippen molar-refractivity contribution in [1.82, 2.24) is 24.4 Å². The van der Waals surface area contributed by atoms with Gasteiger partial charge in [-0.1, -0.05) is 25.2 Å². The molecule has 0 aromatic carbocycles. The third-order valence-corrected chi connectivity index (χ3v) is 3.90. The van der Waals surface area contributed by atoms with Crippen LogP contribution >= 0.6 is 11.3 Å². The van der Waals surface area contributed by atoms with Gasteiger partial charge in [0.05, 0.1) is 17.6 Å². The Morgan fingerprint density at radius 2 is 2.05 bits per heavy atom. The summed E-state index contributed by atoms with van der Waals surface area (Å²) in [5.74, 6) is 0.621. The molecule has 5 nitrogen and oxygen atoms in total. The van der Waals surface area contributed by atoms with E-state index in [1.807, 2.05) is 35.6 Å². The third kappa shape index (κ3) is 2.28. The topological polar surface area (TPSA) is 48.0 Å². The van der Waals surface area contributed by atoms with E-state index in [4.69, 9.17) is 0 Å². The van der Waals surface area contributed by atoms with E-state index in [0.29, 0.717) is 5.92 Å². The zero-order chi connectivity index (χ0) is 13.6. The number of nitrogens with zero attached hydrogens (tertiary/aromatic N) is 5. The van der Waals surface area contributed by atoms with Crippen LogP contribution in [0.2, 0.25) is 0 Å². The van der Waals surface area contributed by atoms with Gasteiger partial charge < -0.3 is 0 Å². The second-order valence-electron chi connectivity index (χ2n) is 5.25. The van der Waals surface area contributed by atoms with Gasteiger partial charge in [0.25, 0.3) is 0 Å². The first-order valence-electron chi connectivity index (χ1n) is 6.38. The fourth-order valence-corrected chi connectivity index (χ4v) is 3.24. The molecule has 3 heterocycles. The SMILES string of the molecule is Cc1nn(C)cc1-c1cn2nc(CC(C)C)sc2n1. The van der Waals surface area contributed by atoms with Crippen molar-refractivity contribution in [2.24, 2.45) is 13.0 Å². The Morgan fingerprint density at radius 1 is 1.26 bits per heavy atom. The Morgan fingerprint density at radius 3 is 2.63 bits per heavy atom. The molecule has 0 spiro atoms. The number of aryl methyl sites for hydroxylation is 2. The monoisotopic (exact) mass is 275 g/mol. The van der Waals surface area contributed by atoms with Crippen molar-refractivity contribution in [3.63, 3.8) is 0 Å². The molecule has 3 rings (SSSR count). The zero-order valence-corrected chi connectivity index (χ0v) is 12.4. The van der Waals surface area contributed by atoms with E-state index >= 15 is 0 Å². The Hall–Kier alpha value is -1.69. The molecule has 0 amide bonds. The summed E-state index contributed by atoms with van der Waals surface area (Å²) in [6, 6.07) is 0. The van der Waals surface area contributed by atoms with Gasteiger partial charge in [0, 0.05) is 25.2 Å². The highest BCUT2D eigenvalue weighted by Gasteiger charge is 2.13. The molecule has 0 saturated carbocycles. The van der Waals surface area contributed by atoms with Gasteiger partial charge >= 0.3 is 0 Å². The van der Waals surface area contributed by atoms with E-state index < -0.39 is 0 Å². The molecule has 0 N–H and O–H groups in total. The van der Waals surface area contributed by atoms with Gasteiger partial charge in [-0.25, -0.2) is 9.50 Å². The minimum Gasteiger partial charge on any atom is -0.275 e. The summed E-state index contributed by atoms with van der Waals surface area (Å²) in [7, 11) is 1.92. The van der Waals surface area contributed by atoms with Crippen molar-refractivity contribution in [1.29, 1.82) is 0 Å². The van der Waals surface area contributed by atoms with Crippen LogP contribution in [0.25, 0.3) is 16.2 Å². The maximum absolute atomic E-state index is 4.65. The van der Waals surface area contributed by atoms with Gasteiger partial charge in [0.15, 0.2) is 0 Å². The minimum absolute atomic E-state index is 0.621. The summed E-state index contributed by atoms with van der Waals surface area (Å²) in [4.78, 5) is 5.60. The van der Waals surface area contributed by atoms with E-state index in [9.17, 15) is 0 Å². The first kappa shape index (κ1) is 12.3. The number of hydrogen-bond donors (Lipinski definition) is 0.